The second kappa shape index (κ2) is 12.3. The van der Waals surface area contributed by atoms with Crippen LogP contribution in [0.4, 0.5) is 5.82 Å². The molecule has 4 aromatic rings. The van der Waals surface area contributed by atoms with Gasteiger partial charge in [-0.3, -0.25) is 14.5 Å². The Bertz CT molecular complexity index is 1570. The average molecular weight is 591 g/mol. The molecule has 0 bridgehead atoms. The number of methoxy groups -OCH3 is 2. The topological polar surface area (TPSA) is 85.7 Å². The molecule has 1 aliphatic rings. The Balaban J connectivity index is 1.85. The molecule has 3 aromatic carbocycles. The van der Waals surface area contributed by atoms with Crippen LogP contribution in [-0.2, 0) is 9.59 Å². The molecule has 0 radical (unpaired) electrons. The summed E-state index contributed by atoms with van der Waals surface area (Å²) in [5, 5.41) is 8.07. The van der Waals surface area contributed by atoms with E-state index in [4.69, 9.17) is 26.2 Å². The normalized spacial score (nSPS) is 14.9. The van der Waals surface area contributed by atoms with Crippen molar-refractivity contribution in [1.82, 2.24) is 15.1 Å². The number of thioether (sulfide) groups is 1. The quantitative estimate of drug-likeness (QED) is 0.275. The zero-order valence-electron chi connectivity index (χ0n) is 23.3. The van der Waals surface area contributed by atoms with Crippen molar-refractivity contribution >= 4 is 41.0 Å². The summed E-state index contributed by atoms with van der Waals surface area (Å²) < 4.78 is 13.0. The van der Waals surface area contributed by atoms with Crippen LogP contribution in [0.2, 0.25) is 5.02 Å². The van der Waals surface area contributed by atoms with Gasteiger partial charge in [0, 0.05) is 22.7 Å². The molecule has 0 aliphatic carbocycles. The van der Waals surface area contributed by atoms with Crippen LogP contribution >= 0.6 is 23.4 Å². The van der Waals surface area contributed by atoms with E-state index in [1.54, 1.807) is 25.0 Å². The number of nitrogens with one attached hydrogen (secondary N) is 1. The van der Waals surface area contributed by atoms with E-state index in [0.717, 1.165) is 16.7 Å². The van der Waals surface area contributed by atoms with Crippen molar-refractivity contribution in [3.05, 3.63) is 88.9 Å². The third-order valence-corrected chi connectivity index (χ3v) is 8.24. The van der Waals surface area contributed by atoms with E-state index in [0.29, 0.717) is 33.7 Å². The third-order valence-electron chi connectivity index (χ3n) is 6.69. The van der Waals surface area contributed by atoms with Gasteiger partial charge in [-0.05, 0) is 44.2 Å². The van der Waals surface area contributed by atoms with Crippen LogP contribution in [-0.4, -0.2) is 54.2 Å². The molecule has 41 heavy (non-hydrogen) atoms. The molecule has 2 heterocycles. The number of anilines is 1. The fraction of sp³-hybridized carbons (Fsp3) is 0.258. The van der Waals surface area contributed by atoms with E-state index < -0.39 is 0 Å². The summed E-state index contributed by atoms with van der Waals surface area (Å²) in [6, 6.07) is 22.6. The molecule has 2 amide bonds. The molecule has 10 heteroatoms. The number of nitrogens with zero attached hydrogens (tertiary/aromatic N) is 3. The predicted octanol–water partition coefficient (Wildman–Crippen LogP) is 5.90. The number of carbonyl (C=O) groups is 2. The summed E-state index contributed by atoms with van der Waals surface area (Å²) in [6.45, 7) is 3.60. The fourth-order valence-corrected chi connectivity index (χ4v) is 6.35. The Morgan fingerprint density at radius 2 is 1.80 bits per heavy atom. The van der Waals surface area contributed by atoms with E-state index in [1.165, 1.54) is 16.7 Å². The van der Waals surface area contributed by atoms with Crippen molar-refractivity contribution in [2.45, 2.75) is 25.1 Å². The van der Waals surface area contributed by atoms with Crippen LogP contribution < -0.4 is 19.7 Å². The van der Waals surface area contributed by atoms with Gasteiger partial charge in [-0.1, -0.05) is 54.1 Å². The van der Waals surface area contributed by atoms with Gasteiger partial charge < -0.3 is 14.8 Å². The number of hydrogen-bond donors (Lipinski definition) is 1. The number of para-hydroxylation sites is 1. The summed E-state index contributed by atoms with van der Waals surface area (Å²) >= 11 is 8.17. The molecule has 0 saturated heterocycles. The number of carbonyl (C=O) groups excluding carboxylic acids is 2. The van der Waals surface area contributed by atoms with Crippen LogP contribution in [0.3, 0.4) is 0 Å². The maximum absolute atomic E-state index is 13.9. The van der Waals surface area contributed by atoms with Crippen molar-refractivity contribution in [3.63, 3.8) is 0 Å². The summed E-state index contributed by atoms with van der Waals surface area (Å²) in [4.78, 5) is 28.5. The Hall–Kier alpha value is -3.95. The lowest BCUT2D eigenvalue weighted by Crippen LogP contribution is -2.44. The minimum absolute atomic E-state index is 0.0828. The highest BCUT2D eigenvalue weighted by Gasteiger charge is 2.39. The van der Waals surface area contributed by atoms with E-state index in [9.17, 15) is 9.59 Å². The molecule has 0 fully saturated rings. The number of ether oxygens (including phenoxy) is 2. The van der Waals surface area contributed by atoms with Crippen molar-refractivity contribution in [1.29, 1.82) is 0 Å². The first-order valence-corrected chi connectivity index (χ1v) is 14.6. The first-order valence-electron chi connectivity index (χ1n) is 13.2. The summed E-state index contributed by atoms with van der Waals surface area (Å²) in [6.07, 6.45) is 0. The smallest absolute Gasteiger partial charge is 0.240 e. The highest BCUT2D eigenvalue weighted by atomic mass is 35.5. The Morgan fingerprint density at radius 1 is 1.07 bits per heavy atom. The molecule has 1 aromatic heterocycles. The van der Waals surface area contributed by atoms with Gasteiger partial charge in [0.15, 0.2) is 0 Å². The first kappa shape index (κ1) is 28.6. The zero-order chi connectivity index (χ0) is 29.1. The van der Waals surface area contributed by atoms with Crippen LogP contribution in [0.1, 0.15) is 30.2 Å². The molecule has 1 atom stereocenters. The summed E-state index contributed by atoms with van der Waals surface area (Å²) in [7, 11) is 3.23. The monoisotopic (exact) mass is 590 g/mol. The van der Waals surface area contributed by atoms with Gasteiger partial charge in [0.05, 0.1) is 41.6 Å². The minimum atomic E-state index is -0.386. The SMILES string of the molecule is COc1ccc(OC)c([C@H]2SCC(=O)N(CC(=O)NC(C)C)c3c2c(-c2ccccc2)nn3-c2ccccc2Cl)c1. The highest BCUT2D eigenvalue weighted by molar-refractivity contribution is 8.00. The zero-order valence-corrected chi connectivity index (χ0v) is 24.8. The van der Waals surface area contributed by atoms with Gasteiger partial charge in [-0.15, -0.1) is 11.8 Å². The number of amides is 2. The summed E-state index contributed by atoms with van der Waals surface area (Å²) in [5.41, 5.74) is 3.74. The maximum Gasteiger partial charge on any atom is 0.240 e. The molecular formula is C31H31ClN4O4S. The van der Waals surface area contributed by atoms with Crippen LogP contribution in [0.15, 0.2) is 72.8 Å². The Kier molecular flexibility index (Phi) is 8.56. The molecular weight excluding hydrogens is 560 g/mol. The number of hydrogen-bond acceptors (Lipinski definition) is 6. The number of benzene rings is 3. The van der Waals surface area contributed by atoms with Gasteiger partial charge in [-0.2, -0.15) is 5.10 Å². The lowest BCUT2D eigenvalue weighted by Gasteiger charge is -2.24. The number of aromatic nitrogens is 2. The molecule has 1 aliphatic heterocycles. The summed E-state index contributed by atoms with van der Waals surface area (Å²) in [5.74, 6) is 1.44. The van der Waals surface area contributed by atoms with Gasteiger partial charge >= 0.3 is 0 Å². The Labute approximate surface area is 248 Å². The lowest BCUT2D eigenvalue weighted by molar-refractivity contribution is -0.123. The van der Waals surface area contributed by atoms with E-state index in [-0.39, 0.29) is 35.4 Å². The molecule has 5 rings (SSSR count). The Morgan fingerprint density at radius 3 is 2.49 bits per heavy atom. The molecule has 1 N–H and O–H groups in total. The predicted molar refractivity (Wildman–Crippen MR) is 163 cm³/mol. The largest absolute Gasteiger partial charge is 0.497 e. The van der Waals surface area contributed by atoms with Gasteiger partial charge in [0.2, 0.25) is 11.8 Å². The molecule has 212 valence electrons. The molecule has 8 nitrogen and oxygen atoms in total. The second-order valence-electron chi connectivity index (χ2n) is 9.82. The van der Waals surface area contributed by atoms with Crippen molar-refractivity contribution in [2.75, 3.05) is 31.4 Å². The molecule has 0 spiro atoms. The van der Waals surface area contributed by atoms with Crippen LogP contribution in [0.25, 0.3) is 16.9 Å². The lowest BCUT2D eigenvalue weighted by atomic mass is 9.98. The number of rotatable bonds is 8. The molecule has 0 saturated carbocycles. The van der Waals surface area contributed by atoms with Crippen molar-refractivity contribution in [3.8, 4) is 28.4 Å². The average Bonchev–Trinajstić information content (AvgIpc) is 3.29. The van der Waals surface area contributed by atoms with Gasteiger partial charge in [-0.25, -0.2) is 4.68 Å². The highest BCUT2D eigenvalue weighted by Crippen LogP contribution is 2.51. The standard InChI is InChI=1S/C31H31ClN4O4S/c1-19(2)33-26(37)17-35-27(38)18-41-30(22-16-21(39-3)14-15-25(22)40-4)28-29(20-10-6-5-7-11-20)34-36(31(28)35)24-13-9-8-12-23(24)32/h5-16,19,30H,17-18H2,1-4H3,(H,33,37)/t30-/m1/s1. The van der Waals surface area contributed by atoms with Gasteiger partial charge in [0.1, 0.15) is 23.9 Å². The third kappa shape index (κ3) is 5.78. The number of fused-ring (bicyclic) bond motifs is 1. The van der Waals surface area contributed by atoms with E-state index in [1.807, 2.05) is 80.6 Å². The van der Waals surface area contributed by atoms with Crippen LogP contribution in [0.5, 0.6) is 11.5 Å². The van der Waals surface area contributed by atoms with E-state index in [2.05, 4.69) is 5.32 Å². The van der Waals surface area contributed by atoms with Gasteiger partial charge in [0.25, 0.3) is 0 Å². The van der Waals surface area contributed by atoms with Crippen LogP contribution in [0, 0.1) is 0 Å². The molecule has 0 unspecified atom stereocenters. The van der Waals surface area contributed by atoms with E-state index >= 15 is 0 Å². The van der Waals surface area contributed by atoms with Crippen molar-refractivity contribution < 1.29 is 19.1 Å². The maximum atomic E-state index is 13.9. The first-order chi connectivity index (χ1) is 19.8. The van der Waals surface area contributed by atoms with Crippen molar-refractivity contribution in [2.24, 2.45) is 0 Å². The number of halogens is 1. The second-order valence-corrected chi connectivity index (χ2v) is 11.3. The fourth-order valence-electron chi connectivity index (χ4n) is 4.92. The minimum Gasteiger partial charge on any atom is -0.497 e.